The van der Waals surface area contributed by atoms with E-state index in [1.54, 1.807) is 0 Å². The van der Waals surface area contributed by atoms with Crippen molar-refractivity contribution in [2.45, 2.75) is 50.4 Å². The van der Waals surface area contributed by atoms with Gasteiger partial charge in [-0.2, -0.15) is 21.6 Å². The number of alkyl halides is 3. The number of carbonyl (C=O) groups is 2. The molecule has 0 aromatic carbocycles. The smallest absolute Gasteiger partial charge is 0.348 e. The lowest BCUT2D eigenvalue weighted by Gasteiger charge is -2.28. The number of Topliss-reactive ketones (excluding diaryl/α,β-unsaturated/α-hetero) is 1. The van der Waals surface area contributed by atoms with E-state index in [0.29, 0.717) is 6.42 Å². The highest BCUT2D eigenvalue weighted by Gasteiger charge is 2.43. The molecule has 1 fully saturated rings. The van der Waals surface area contributed by atoms with E-state index in [9.17, 15) is 31.2 Å². The molecule has 0 spiro atoms. The van der Waals surface area contributed by atoms with E-state index in [4.69, 9.17) is 10.9 Å². The summed E-state index contributed by atoms with van der Waals surface area (Å²) >= 11 is 0. The third-order valence-corrected chi connectivity index (χ3v) is 4.53. The predicted molar refractivity (Wildman–Crippen MR) is 85.8 cm³/mol. The van der Waals surface area contributed by atoms with Gasteiger partial charge in [0, 0.05) is 20.5 Å². The number of hydrogen-bond donors (Lipinski definition) is 2. The topological polar surface area (TPSA) is 133 Å². The number of rotatable bonds is 10. The highest BCUT2D eigenvalue weighted by atomic mass is 32.2. The number of halogens is 3. The second kappa shape index (κ2) is 8.63. The van der Waals surface area contributed by atoms with Crippen molar-refractivity contribution in [3.05, 3.63) is 0 Å². The number of carbonyl (C=O) groups excluding carboxylic acids is 2. The molecule has 0 bridgehead atoms. The molecule has 12 heteroatoms. The van der Waals surface area contributed by atoms with Gasteiger partial charge in [-0.05, 0) is 12.3 Å². The molecule has 26 heavy (non-hydrogen) atoms. The summed E-state index contributed by atoms with van der Waals surface area (Å²) in [6, 6.07) is -0.963. The van der Waals surface area contributed by atoms with Gasteiger partial charge >= 0.3 is 16.5 Å². The zero-order chi connectivity index (χ0) is 20.3. The van der Waals surface area contributed by atoms with Gasteiger partial charge in [-0.15, -0.1) is 0 Å². The van der Waals surface area contributed by atoms with Crippen LogP contribution in [0.2, 0.25) is 0 Å². The van der Waals surface area contributed by atoms with E-state index in [1.165, 1.54) is 14.1 Å². The maximum Gasteiger partial charge on any atom is 0.389 e. The van der Waals surface area contributed by atoms with E-state index < -0.39 is 59.1 Å². The molecule has 4 N–H and O–H groups in total. The lowest BCUT2D eigenvalue weighted by Crippen LogP contribution is -2.45. The van der Waals surface area contributed by atoms with Gasteiger partial charge in [0.1, 0.15) is 0 Å². The molecule has 1 aliphatic rings. The van der Waals surface area contributed by atoms with Gasteiger partial charge in [-0.1, -0.05) is 12.8 Å². The summed E-state index contributed by atoms with van der Waals surface area (Å²) in [5.74, 6) is -3.37. The fourth-order valence-corrected chi connectivity index (χ4v) is 3.11. The Morgan fingerprint density at radius 1 is 1.27 bits per heavy atom. The highest BCUT2D eigenvalue weighted by Crippen LogP contribution is 2.34. The molecule has 2 unspecified atom stereocenters. The van der Waals surface area contributed by atoms with E-state index in [0.717, 1.165) is 17.7 Å². The largest absolute Gasteiger partial charge is 0.389 e. The number of nitrogens with two attached hydrogens (primary N) is 2. The Morgan fingerprint density at radius 3 is 2.19 bits per heavy atom. The molecule has 0 radical (unpaired) electrons. The normalized spacial score (nSPS) is 18.9. The minimum Gasteiger partial charge on any atom is -0.348 e. The summed E-state index contributed by atoms with van der Waals surface area (Å²) in [5, 5.41) is 4.76. The van der Waals surface area contributed by atoms with Crippen LogP contribution < -0.4 is 10.9 Å². The molecule has 0 aliphatic heterocycles. The monoisotopic (exact) mass is 403 g/mol. The Bertz CT molecular complexity index is 620. The zero-order valence-electron chi connectivity index (χ0n) is 14.5. The van der Waals surface area contributed by atoms with Crippen molar-refractivity contribution in [3.63, 3.8) is 0 Å². The summed E-state index contributed by atoms with van der Waals surface area (Å²) in [6.07, 6.45) is -6.91. The first-order chi connectivity index (χ1) is 11.7. The Morgan fingerprint density at radius 2 is 1.81 bits per heavy atom. The summed E-state index contributed by atoms with van der Waals surface area (Å²) in [5.41, 5.74) is 5.73. The van der Waals surface area contributed by atoms with Gasteiger partial charge in [0.15, 0.2) is 5.78 Å². The fraction of sp³-hybridized carbons (Fsp3) is 0.857. The average Bonchev–Trinajstić information content (AvgIpc) is 3.24. The molecule has 0 aromatic heterocycles. The van der Waals surface area contributed by atoms with Crippen molar-refractivity contribution in [1.29, 1.82) is 0 Å². The zero-order valence-corrected chi connectivity index (χ0v) is 15.3. The van der Waals surface area contributed by atoms with Crippen molar-refractivity contribution in [2.75, 3.05) is 14.1 Å². The van der Waals surface area contributed by atoms with Gasteiger partial charge in [-0.3, -0.25) is 13.8 Å². The van der Waals surface area contributed by atoms with Crippen molar-refractivity contribution in [1.82, 2.24) is 4.90 Å². The second-order valence-corrected chi connectivity index (χ2v) is 7.92. The first kappa shape index (κ1) is 22.8. The van der Waals surface area contributed by atoms with Crippen LogP contribution in [0.25, 0.3) is 0 Å². The molecule has 3 atom stereocenters. The quantitative estimate of drug-likeness (QED) is 0.540. The fourth-order valence-electron chi connectivity index (χ4n) is 2.57. The number of ketones is 1. The summed E-state index contributed by atoms with van der Waals surface area (Å²) in [4.78, 5) is 25.2. The Kier molecular flexibility index (Phi) is 7.57. The number of nitrogens with zero attached hydrogens (tertiary/aromatic N) is 1. The first-order valence-electron chi connectivity index (χ1n) is 7.97. The second-order valence-electron chi connectivity index (χ2n) is 6.74. The average molecular weight is 403 g/mol. The van der Waals surface area contributed by atoms with Crippen LogP contribution in [0, 0.1) is 11.8 Å². The predicted octanol–water partition coefficient (Wildman–Crippen LogP) is 0.319. The van der Waals surface area contributed by atoms with E-state index in [2.05, 4.69) is 4.18 Å². The molecule has 152 valence electrons. The SMILES string of the molecule is CN(C)C(=O)C(CC(F)(F)F)[C@H](CC(=O)C(N)CC1CC1)OS(N)(=O)=O. The molecule has 8 nitrogen and oxygen atoms in total. The van der Waals surface area contributed by atoms with Crippen LogP contribution in [0.3, 0.4) is 0 Å². The van der Waals surface area contributed by atoms with Crippen LogP contribution in [-0.2, 0) is 24.1 Å². The van der Waals surface area contributed by atoms with Gasteiger partial charge in [0.05, 0.1) is 24.5 Å². The van der Waals surface area contributed by atoms with Crippen LogP contribution in [0.5, 0.6) is 0 Å². The standard InChI is InChI=1S/C14H24F3N3O5S/c1-20(2)13(22)9(7-14(15,16)17)12(25-26(19,23)24)6-11(21)10(18)5-8-3-4-8/h8-10,12H,3-7,18H2,1-2H3,(H2,19,23,24)/t9?,10?,12-/m0/s1. The van der Waals surface area contributed by atoms with E-state index >= 15 is 0 Å². The van der Waals surface area contributed by atoms with Gasteiger partial charge in [0.25, 0.3) is 0 Å². The minimum absolute atomic E-state index is 0.279. The summed E-state index contributed by atoms with van der Waals surface area (Å²) < 4.78 is 65.6. The Hall–Kier alpha value is -1.24. The number of amides is 1. The summed E-state index contributed by atoms with van der Waals surface area (Å²) in [6.45, 7) is 0. The maximum absolute atomic E-state index is 12.9. The Balaban J connectivity index is 3.04. The van der Waals surface area contributed by atoms with Gasteiger partial charge < -0.3 is 10.6 Å². The first-order valence-corrected chi connectivity index (χ1v) is 9.44. The van der Waals surface area contributed by atoms with Gasteiger partial charge in [0.2, 0.25) is 5.91 Å². The molecule has 0 heterocycles. The molecular weight excluding hydrogens is 379 g/mol. The molecule has 0 aromatic rings. The van der Waals surface area contributed by atoms with E-state index in [1.807, 2.05) is 0 Å². The van der Waals surface area contributed by atoms with Crippen LogP contribution in [0.4, 0.5) is 13.2 Å². The van der Waals surface area contributed by atoms with Crippen molar-refractivity contribution in [2.24, 2.45) is 22.7 Å². The Labute approximate surface area is 150 Å². The molecule has 1 saturated carbocycles. The van der Waals surface area contributed by atoms with Crippen LogP contribution >= 0.6 is 0 Å². The molecular formula is C14H24F3N3O5S. The third kappa shape index (κ3) is 8.43. The van der Waals surface area contributed by atoms with Crippen molar-refractivity contribution < 1.29 is 35.4 Å². The molecule has 1 amide bonds. The van der Waals surface area contributed by atoms with Gasteiger partial charge in [-0.25, -0.2) is 5.14 Å². The highest BCUT2D eigenvalue weighted by molar-refractivity contribution is 7.84. The van der Waals surface area contributed by atoms with Crippen LogP contribution in [-0.4, -0.2) is 57.4 Å². The summed E-state index contributed by atoms with van der Waals surface area (Å²) in [7, 11) is -2.28. The molecule has 1 rings (SSSR count). The minimum atomic E-state index is -4.78. The van der Waals surface area contributed by atoms with E-state index in [-0.39, 0.29) is 5.92 Å². The molecule has 0 saturated heterocycles. The van der Waals surface area contributed by atoms with Crippen LogP contribution in [0.1, 0.15) is 32.1 Å². The van der Waals surface area contributed by atoms with Crippen LogP contribution in [0.15, 0.2) is 0 Å². The lowest BCUT2D eigenvalue weighted by molar-refractivity contribution is -0.165. The maximum atomic E-state index is 12.9. The molecule has 1 aliphatic carbocycles. The lowest BCUT2D eigenvalue weighted by atomic mass is 9.90. The van der Waals surface area contributed by atoms with Crippen molar-refractivity contribution >= 4 is 22.0 Å². The number of hydrogen-bond acceptors (Lipinski definition) is 6. The van der Waals surface area contributed by atoms with Crippen molar-refractivity contribution in [3.8, 4) is 0 Å². The third-order valence-electron chi connectivity index (χ3n) is 4.02.